The lowest BCUT2D eigenvalue weighted by atomic mass is 10.2. The summed E-state index contributed by atoms with van der Waals surface area (Å²) in [5.74, 6) is 0.808. The number of carbonyl (C=O) groups is 1. The van der Waals surface area contributed by atoms with E-state index in [1.165, 1.54) is 11.8 Å². The van der Waals surface area contributed by atoms with Crippen molar-refractivity contribution >= 4 is 33.7 Å². The van der Waals surface area contributed by atoms with Gasteiger partial charge in [-0.2, -0.15) is 0 Å². The van der Waals surface area contributed by atoms with Crippen molar-refractivity contribution in [3.05, 3.63) is 59.1 Å². The van der Waals surface area contributed by atoms with Crippen molar-refractivity contribution in [3.8, 4) is 11.3 Å². The Bertz CT molecular complexity index is 829. The third-order valence-electron chi connectivity index (χ3n) is 3.48. The van der Waals surface area contributed by atoms with E-state index in [9.17, 15) is 4.79 Å². The zero-order chi connectivity index (χ0) is 17.6. The largest absolute Gasteiger partial charge is 0.467 e. The maximum absolute atomic E-state index is 11.7. The van der Waals surface area contributed by atoms with E-state index < -0.39 is 0 Å². The van der Waals surface area contributed by atoms with Gasteiger partial charge in [0.15, 0.2) is 5.16 Å². The number of hydrogen-bond acceptors (Lipinski definition) is 5. The topological polar surface area (TPSA) is 57.3 Å². The second-order valence-corrected chi connectivity index (χ2v) is 7.05. The van der Waals surface area contributed by atoms with Gasteiger partial charge >= 0.3 is 5.97 Å². The van der Waals surface area contributed by atoms with Crippen LogP contribution in [0.3, 0.4) is 0 Å². The number of furan rings is 1. The number of carbonyl (C=O) groups excluding carboxylic acids is 1. The van der Waals surface area contributed by atoms with Gasteiger partial charge < -0.3 is 13.7 Å². The highest BCUT2D eigenvalue weighted by Gasteiger charge is 2.15. The number of nitrogens with zero attached hydrogens (tertiary/aromatic N) is 2. The fourth-order valence-electron chi connectivity index (χ4n) is 2.36. The molecule has 3 rings (SSSR count). The summed E-state index contributed by atoms with van der Waals surface area (Å²) >= 11 is 4.81. The van der Waals surface area contributed by atoms with Crippen molar-refractivity contribution in [2.45, 2.75) is 18.6 Å². The third-order valence-corrected chi connectivity index (χ3v) is 4.97. The van der Waals surface area contributed by atoms with E-state index in [1.54, 1.807) is 13.2 Å². The quantitative estimate of drug-likeness (QED) is 0.412. The Kier molecular flexibility index (Phi) is 5.99. The van der Waals surface area contributed by atoms with Crippen LogP contribution in [-0.2, 0) is 16.1 Å². The Morgan fingerprint density at radius 2 is 2.12 bits per heavy atom. The minimum atomic E-state index is -0.245. The summed E-state index contributed by atoms with van der Waals surface area (Å²) in [6.07, 6.45) is 3.47. The monoisotopic (exact) mass is 420 g/mol. The first kappa shape index (κ1) is 17.8. The van der Waals surface area contributed by atoms with Gasteiger partial charge in [0.25, 0.3) is 0 Å². The van der Waals surface area contributed by atoms with Gasteiger partial charge in [-0.05, 0) is 36.8 Å². The first-order valence-corrected chi connectivity index (χ1v) is 9.57. The Hall–Kier alpha value is -1.99. The van der Waals surface area contributed by atoms with Crippen molar-refractivity contribution in [1.82, 2.24) is 9.55 Å². The number of ether oxygens (including phenoxy) is 1. The molecule has 0 aliphatic rings. The number of thioether (sulfide) groups is 1. The molecule has 0 atom stereocenters. The normalized spacial score (nSPS) is 10.8. The molecule has 0 fully saturated rings. The summed E-state index contributed by atoms with van der Waals surface area (Å²) in [6, 6.07) is 11.8. The number of aromatic nitrogens is 2. The van der Waals surface area contributed by atoms with Gasteiger partial charge in [0, 0.05) is 4.47 Å². The molecule has 3 aromatic rings. The molecule has 0 saturated carbocycles. The van der Waals surface area contributed by atoms with Gasteiger partial charge in [0.1, 0.15) is 5.76 Å². The van der Waals surface area contributed by atoms with E-state index in [4.69, 9.17) is 9.15 Å². The second-order valence-electron chi connectivity index (χ2n) is 5.19. The Labute approximate surface area is 158 Å². The number of benzene rings is 1. The van der Waals surface area contributed by atoms with E-state index in [0.29, 0.717) is 13.2 Å². The molecule has 0 bridgehead atoms. The molecule has 0 unspecified atom stereocenters. The summed E-state index contributed by atoms with van der Waals surface area (Å²) in [5, 5.41) is 0.752. The third kappa shape index (κ3) is 4.55. The van der Waals surface area contributed by atoms with Gasteiger partial charge in [0.05, 0.1) is 37.1 Å². The zero-order valence-corrected chi connectivity index (χ0v) is 16.0. The molecular weight excluding hydrogens is 404 g/mol. The molecule has 0 saturated heterocycles. The molecule has 0 amide bonds. The second kappa shape index (κ2) is 8.40. The molecule has 0 radical (unpaired) electrons. The molecule has 7 heteroatoms. The molecule has 2 aromatic heterocycles. The van der Waals surface area contributed by atoms with Crippen LogP contribution in [0.5, 0.6) is 0 Å². The lowest BCUT2D eigenvalue weighted by Gasteiger charge is -2.10. The summed E-state index contributed by atoms with van der Waals surface area (Å²) in [4.78, 5) is 16.1. The number of hydrogen-bond donors (Lipinski definition) is 0. The highest BCUT2D eigenvalue weighted by molar-refractivity contribution is 9.10. The summed E-state index contributed by atoms with van der Waals surface area (Å²) in [6.45, 7) is 2.72. The molecule has 0 N–H and O–H groups in total. The molecule has 0 spiro atoms. The van der Waals surface area contributed by atoms with Crippen molar-refractivity contribution in [2.24, 2.45) is 0 Å². The zero-order valence-electron chi connectivity index (χ0n) is 13.6. The number of halogens is 1. The Morgan fingerprint density at radius 1 is 1.32 bits per heavy atom. The lowest BCUT2D eigenvalue weighted by molar-refractivity contribution is -0.139. The van der Waals surface area contributed by atoms with Crippen LogP contribution in [0.4, 0.5) is 0 Å². The molecule has 1 aromatic carbocycles. The first-order valence-electron chi connectivity index (χ1n) is 7.79. The van der Waals surface area contributed by atoms with Gasteiger partial charge in [-0.25, -0.2) is 4.98 Å². The van der Waals surface area contributed by atoms with Gasteiger partial charge in [0.2, 0.25) is 0 Å². The molecule has 2 heterocycles. The fraction of sp³-hybridized carbons (Fsp3) is 0.222. The molecule has 0 aliphatic heterocycles. The molecule has 5 nitrogen and oxygen atoms in total. The summed E-state index contributed by atoms with van der Waals surface area (Å²) in [7, 11) is 0. The SMILES string of the molecule is CCOC(=O)CSc1ncc(-c2ccc(Br)cc2)n1Cc1ccco1. The molecule has 0 aliphatic carbocycles. The predicted molar refractivity (Wildman–Crippen MR) is 101 cm³/mol. The van der Waals surface area contributed by atoms with Gasteiger partial charge in [-0.3, -0.25) is 4.79 Å². The summed E-state index contributed by atoms with van der Waals surface area (Å²) in [5.41, 5.74) is 2.01. The molecular formula is C18H17BrN2O3S. The Balaban J connectivity index is 1.89. The van der Waals surface area contributed by atoms with Crippen molar-refractivity contribution in [2.75, 3.05) is 12.4 Å². The van der Waals surface area contributed by atoms with Crippen LogP contribution < -0.4 is 0 Å². The Morgan fingerprint density at radius 3 is 2.80 bits per heavy atom. The van der Waals surface area contributed by atoms with Crippen molar-refractivity contribution in [1.29, 1.82) is 0 Å². The smallest absolute Gasteiger partial charge is 0.316 e. The van der Waals surface area contributed by atoms with Gasteiger partial charge in [-0.15, -0.1) is 0 Å². The minimum Gasteiger partial charge on any atom is -0.467 e. The van der Waals surface area contributed by atoms with Crippen molar-refractivity contribution < 1.29 is 13.9 Å². The number of imidazole rings is 1. The predicted octanol–water partition coefficient (Wildman–Crippen LogP) is 4.61. The van der Waals surface area contributed by atoms with E-state index in [-0.39, 0.29) is 11.7 Å². The number of rotatable bonds is 7. The number of esters is 1. The van der Waals surface area contributed by atoms with E-state index >= 15 is 0 Å². The fourth-order valence-corrected chi connectivity index (χ4v) is 3.40. The van der Waals surface area contributed by atoms with Crippen LogP contribution in [0.1, 0.15) is 12.7 Å². The van der Waals surface area contributed by atoms with E-state index in [0.717, 1.165) is 26.6 Å². The first-order chi connectivity index (χ1) is 12.2. The lowest BCUT2D eigenvalue weighted by Crippen LogP contribution is -2.09. The van der Waals surface area contributed by atoms with Gasteiger partial charge in [-0.1, -0.05) is 39.8 Å². The average Bonchev–Trinajstić information content (AvgIpc) is 3.25. The minimum absolute atomic E-state index is 0.225. The maximum atomic E-state index is 11.7. The van der Waals surface area contributed by atoms with Crippen LogP contribution in [0, 0.1) is 0 Å². The van der Waals surface area contributed by atoms with Crippen LogP contribution >= 0.6 is 27.7 Å². The highest BCUT2D eigenvalue weighted by atomic mass is 79.9. The summed E-state index contributed by atoms with van der Waals surface area (Å²) < 4.78 is 13.5. The molecule has 130 valence electrons. The van der Waals surface area contributed by atoms with Crippen molar-refractivity contribution in [3.63, 3.8) is 0 Å². The van der Waals surface area contributed by atoms with Crippen LogP contribution in [-0.4, -0.2) is 27.9 Å². The average molecular weight is 421 g/mol. The standard InChI is InChI=1S/C18H17BrN2O3S/c1-2-23-17(22)12-25-18-20-10-16(13-5-7-14(19)8-6-13)21(18)11-15-4-3-9-24-15/h3-10H,2,11-12H2,1H3. The van der Waals surface area contributed by atoms with E-state index in [1.807, 2.05) is 47.2 Å². The molecule has 25 heavy (non-hydrogen) atoms. The highest BCUT2D eigenvalue weighted by Crippen LogP contribution is 2.28. The maximum Gasteiger partial charge on any atom is 0.316 e. The van der Waals surface area contributed by atoms with Crippen LogP contribution in [0.15, 0.2) is 62.9 Å². The van der Waals surface area contributed by atoms with Crippen LogP contribution in [0.2, 0.25) is 0 Å². The van der Waals surface area contributed by atoms with Crippen LogP contribution in [0.25, 0.3) is 11.3 Å². The van der Waals surface area contributed by atoms with E-state index in [2.05, 4.69) is 20.9 Å².